The van der Waals surface area contributed by atoms with E-state index in [1.807, 2.05) is 44.2 Å². The van der Waals surface area contributed by atoms with Crippen molar-refractivity contribution in [3.8, 4) is 16.9 Å². The van der Waals surface area contributed by atoms with Gasteiger partial charge >= 0.3 is 5.97 Å². The van der Waals surface area contributed by atoms with Gasteiger partial charge in [0.05, 0.1) is 25.7 Å². The first kappa shape index (κ1) is 31.6. The summed E-state index contributed by atoms with van der Waals surface area (Å²) in [7, 11) is 0. The normalized spacial score (nSPS) is 12.6. The van der Waals surface area contributed by atoms with Gasteiger partial charge in [-0.1, -0.05) is 73.7 Å². The number of nitrogens with two attached hydrogens (primary N) is 2. The molecule has 2 amide bonds. The molecule has 0 spiro atoms. The third-order valence-electron chi connectivity index (χ3n) is 5.92. The van der Waals surface area contributed by atoms with Crippen LogP contribution in [0.2, 0.25) is 0 Å². The van der Waals surface area contributed by atoms with E-state index in [-0.39, 0.29) is 25.4 Å². The Hall–Kier alpha value is -2.66. The van der Waals surface area contributed by atoms with Gasteiger partial charge in [-0.3, -0.25) is 14.4 Å². The first-order chi connectivity index (χ1) is 18.1. The highest BCUT2D eigenvalue weighted by Crippen LogP contribution is 2.28. The van der Waals surface area contributed by atoms with E-state index in [1.165, 1.54) is 5.56 Å². The molecule has 0 bridgehead atoms. The number of primary amides is 1. The number of benzene rings is 2. The quantitative estimate of drug-likeness (QED) is 0.111. The molecular weight excluding hydrogens is 597 g/mol. The Morgan fingerprint density at radius 1 is 1.05 bits per heavy atom. The van der Waals surface area contributed by atoms with Gasteiger partial charge in [-0.05, 0) is 64.0 Å². The average Bonchev–Trinajstić information content (AvgIpc) is 2.89. The summed E-state index contributed by atoms with van der Waals surface area (Å²) in [5.41, 5.74) is 15.6. The lowest BCUT2D eigenvalue weighted by molar-refractivity contribution is -0.146. The minimum absolute atomic E-state index is 0.177. The summed E-state index contributed by atoms with van der Waals surface area (Å²) < 4.78 is 12.1. The minimum atomic E-state index is -1.13. The van der Waals surface area contributed by atoms with Crippen LogP contribution in [-0.2, 0) is 32.0 Å². The number of hydrogen-bond donors (Lipinski definition) is 3. The number of rotatable bonds is 16. The van der Waals surface area contributed by atoms with Gasteiger partial charge in [0.2, 0.25) is 11.8 Å². The van der Waals surface area contributed by atoms with Gasteiger partial charge in [-0.15, -0.1) is 0 Å². The molecule has 8 nitrogen and oxygen atoms in total. The van der Waals surface area contributed by atoms with Crippen LogP contribution in [0, 0.1) is 5.92 Å². The molecule has 2 aromatic carbocycles. The average molecular weight is 638 g/mol. The van der Waals surface area contributed by atoms with Crippen LogP contribution in [0.25, 0.3) is 11.1 Å². The van der Waals surface area contributed by atoms with Crippen molar-refractivity contribution in [2.24, 2.45) is 17.4 Å². The second-order valence-electron chi connectivity index (χ2n) is 9.67. The first-order valence-corrected chi connectivity index (χ1v) is 14.6. The van der Waals surface area contributed by atoms with Gasteiger partial charge in [-0.2, -0.15) is 0 Å². The van der Waals surface area contributed by atoms with Crippen molar-refractivity contribution in [3.63, 3.8) is 0 Å². The lowest BCUT2D eigenvalue weighted by Gasteiger charge is -2.19. The van der Waals surface area contributed by atoms with E-state index in [2.05, 4.69) is 47.0 Å². The lowest BCUT2D eigenvalue weighted by atomic mass is 9.95. The molecule has 9 heteroatoms. The topological polar surface area (TPSA) is 134 Å². The summed E-state index contributed by atoms with van der Waals surface area (Å²) in [5, 5.41) is 2.57. The van der Waals surface area contributed by atoms with Crippen molar-refractivity contribution in [1.29, 1.82) is 0 Å². The van der Waals surface area contributed by atoms with E-state index in [1.54, 1.807) is 0 Å². The zero-order valence-electron chi connectivity index (χ0n) is 22.5. The van der Waals surface area contributed by atoms with Crippen molar-refractivity contribution in [1.82, 2.24) is 5.32 Å². The molecule has 0 heterocycles. The number of esters is 1. The summed E-state index contributed by atoms with van der Waals surface area (Å²) in [6, 6.07) is 11.9. The highest BCUT2D eigenvalue weighted by atomic mass is 127. The highest BCUT2D eigenvalue weighted by Gasteiger charge is 2.24. The largest absolute Gasteiger partial charge is 0.494 e. The number of alkyl halides is 1. The molecule has 2 atom stereocenters. The van der Waals surface area contributed by atoms with Gasteiger partial charge in [0, 0.05) is 6.42 Å². The SMILES string of the molecule is CCc1cc(OCCCCI)ccc1-c1ccc(C[C@H](NC(=O)C(N)CC(=O)OCC(C)C)C(N)=O)cc1. The molecule has 0 aliphatic heterocycles. The Bertz CT molecular complexity index is 1060. The number of ether oxygens (including phenoxy) is 2. The molecule has 0 saturated carbocycles. The standard InChI is InChI=1S/C29H40IN3O5/c1-4-21-16-23(37-14-6-5-13-30)11-12-24(21)22-9-7-20(8-10-22)15-26(28(32)35)33-29(36)25(31)17-27(34)38-18-19(2)3/h7-12,16,19,25-26H,4-6,13-15,17-18,31H2,1-3H3,(H2,32,35)(H,33,36)/t25?,26-/m0/s1. The van der Waals surface area contributed by atoms with Gasteiger partial charge in [0.15, 0.2) is 0 Å². The molecule has 0 aliphatic carbocycles. The van der Waals surface area contributed by atoms with Gasteiger partial charge in [0.1, 0.15) is 11.8 Å². The van der Waals surface area contributed by atoms with E-state index in [4.69, 9.17) is 20.9 Å². The van der Waals surface area contributed by atoms with Gasteiger partial charge < -0.3 is 26.3 Å². The number of amides is 2. The van der Waals surface area contributed by atoms with E-state index in [0.717, 1.165) is 46.1 Å². The Balaban J connectivity index is 2.02. The van der Waals surface area contributed by atoms with Crippen molar-refractivity contribution in [2.75, 3.05) is 17.6 Å². The fraction of sp³-hybridized carbons (Fsp3) is 0.483. The molecule has 2 rings (SSSR count). The number of aryl methyl sites for hydroxylation is 1. The van der Waals surface area contributed by atoms with Crippen molar-refractivity contribution < 1.29 is 23.9 Å². The molecule has 0 aliphatic rings. The van der Waals surface area contributed by atoms with Crippen LogP contribution in [0.3, 0.4) is 0 Å². The summed E-state index contributed by atoms with van der Waals surface area (Å²) in [5.74, 6) is -0.816. The number of unbranched alkanes of at least 4 members (excludes halogenated alkanes) is 1. The number of nitrogens with one attached hydrogen (secondary N) is 1. The molecule has 38 heavy (non-hydrogen) atoms. The maximum absolute atomic E-state index is 12.5. The first-order valence-electron chi connectivity index (χ1n) is 13.1. The van der Waals surface area contributed by atoms with Gasteiger partial charge in [-0.25, -0.2) is 0 Å². The van der Waals surface area contributed by atoms with Crippen LogP contribution in [0.5, 0.6) is 5.75 Å². The van der Waals surface area contributed by atoms with E-state index >= 15 is 0 Å². The maximum Gasteiger partial charge on any atom is 0.307 e. The molecule has 0 fully saturated rings. The summed E-state index contributed by atoms with van der Waals surface area (Å²) in [6.45, 7) is 6.90. The van der Waals surface area contributed by atoms with Gasteiger partial charge in [0.25, 0.3) is 0 Å². The van der Waals surface area contributed by atoms with Crippen LogP contribution in [0.1, 0.15) is 51.2 Å². The van der Waals surface area contributed by atoms with E-state index < -0.39 is 29.9 Å². The fourth-order valence-electron chi connectivity index (χ4n) is 3.77. The van der Waals surface area contributed by atoms with Crippen LogP contribution in [0.4, 0.5) is 0 Å². The predicted octanol–water partition coefficient (Wildman–Crippen LogP) is 3.94. The summed E-state index contributed by atoms with van der Waals surface area (Å²) >= 11 is 2.37. The number of carbonyl (C=O) groups excluding carboxylic acids is 3. The Labute approximate surface area is 239 Å². The zero-order chi connectivity index (χ0) is 28.1. The molecule has 0 saturated heterocycles. The molecule has 208 valence electrons. The molecule has 1 unspecified atom stereocenters. The van der Waals surface area contributed by atoms with Crippen molar-refractivity contribution in [3.05, 3.63) is 53.6 Å². The Morgan fingerprint density at radius 2 is 1.76 bits per heavy atom. The van der Waals surface area contributed by atoms with Crippen LogP contribution >= 0.6 is 22.6 Å². The summed E-state index contributed by atoms with van der Waals surface area (Å²) in [6.07, 6.45) is 2.98. The third-order valence-corrected chi connectivity index (χ3v) is 6.68. The van der Waals surface area contributed by atoms with Crippen LogP contribution < -0.4 is 21.5 Å². The Kier molecular flexibility index (Phi) is 13.6. The van der Waals surface area contributed by atoms with Crippen LogP contribution in [0.15, 0.2) is 42.5 Å². The summed E-state index contributed by atoms with van der Waals surface area (Å²) in [4.78, 5) is 36.4. The predicted molar refractivity (Wildman–Crippen MR) is 158 cm³/mol. The second kappa shape index (κ2) is 16.3. The molecule has 5 N–H and O–H groups in total. The van der Waals surface area contributed by atoms with E-state index in [0.29, 0.717) is 6.61 Å². The smallest absolute Gasteiger partial charge is 0.307 e. The molecule has 2 aromatic rings. The lowest BCUT2D eigenvalue weighted by Crippen LogP contribution is -2.51. The highest BCUT2D eigenvalue weighted by molar-refractivity contribution is 14.1. The second-order valence-corrected chi connectivity index (χ2v) is 10.7. The monoisotopic (exact) mass is 637 g/mol. The third kappa shape index (κ3) is 10.6. The number of hydrogen-bond acceptors (Lipinski definition) is 6. The molecule has 0 aromatic heterocycles. The van der Waals surface area contributed by atoms with E-state index in [9.17, 15) is 14.4 Å². The Morgan fingerprint density at radius 3 is 2.37 bits per heavy atom. The molecular formula is C29H40IN3O5. The van der Waals surface area contributed by atoms with Crippen molar-refractivity contribution in [2.45, 2.75) is 65.0 Å². The number of halogens is 1. The van der Waals surface area contributed by atoms with Crippen molar-refractivity contribution >= 4 is 40.4 Å². The maximum atomic E-state index is 12.5. The minimum Gasteiger partial charge on any atom is -0.494 e. The van der Waals surface area contributed by atoms with Crippen LogP contribution in [-0.4, -0.2) is 47.5 Å². The molecule has 0 radical (unpaired) electrons. The zero-order valence-corrected chi connectivity index (χ0v) is 24.7. The fourth-order valence-corrected chi connectivity index (χ4v) is 4.31. The number of carbonyl (C=O) groups is 3.